The van der Waals surface area contributed by atoms with Crippen LogP contribution in [0.25, 0.3) is 22.3 Å². The van der Waals surface area contributed by atoms with Gasteiger partial charge in [-0.1, -0.05) is 12.1 Å². The summed E-state index contributed by atoms with van der Waals surface area (Å²) in [4.78, 5) is 11.8. The Kier molecular flexibility index (Phi) is 2.63. The van der Waals surface area contributed by atoms with Crippen molar-refractivity contribution in [1.29, 1.82) is 0 Å². The molecule has 0 unspecified atom stereocenters. The molecule has 2 aromatic heterocycles. The molecule has 90 valence electrons. The Bertz CT molecular complexity index is 736. The molecule has 0 aliphatic heterocycles. The van der Waals surface area contributed by atoms with Gasteiger partial charge in [0, 0.05) is 16.2 Å². The van der Waals surface area contributed by atoms with Crippen molar-refractivity contribution < 1.29 is 4.39 Å². The second kappa shape index (κ2) is 4.17. The van der Waals surface area contributed by atoms with Crippen LogP contribution in [0.4, 0.5) is 4.39 Å². The molecular formula is C13H9BrFN3. The van der Waals surface area contributed by atoms with E-state index in [9.17, 15) is 4.39 Å². The molecule has 0 atom stereocenters. The summed E-state index contributed by atoms with van der Waals surface area (Å²) in [7, 11) is 0. The van der Waals surface area contributed by atoms with Crippen LogP contribution in [0.5, 0.6) is 0 Å². The number of halogens is 2. The van der Waals surface area contributed by atoms with Crippen molar-refractivity contribution in [1.82, 2.24) is 15.0 Å². The average molecular weight is 306 g/mol. The maximum absolute atomic E-state index is 13.3. The summed E-state index contributed by atoms with van der Waals surface area (Å²) in [5, 5.41) is 0.867. The lowest BCUT2D eigenvalue weighted by Crippen LogP contribution is -1.93. The van der Waals surface area contributed by atoms with Gasteiger partial charge < -0.3 is 4.98 Å². The maximum atomic E-state index is 13.3. The number of hydrogen-bond acceptors (Lipinski definition) is 2. The minimum absolute atomic E-state index is 0.274. The quantitative estimate of drug-likeness (QED) is 0.742. The number of aryl methyl sites for hydroxylation is 1. The van der Waals surface area contributed by atoms with Crippen LogP contribution in [0, 0.1) is 12.7 Å². The Hall–Kier alpha value is -1.75. The Morgan fingerprint density at radius 3 is 2.89 bits per heavy atom. The van der Waals surface area contributed by atoms with Crippen molar-refractivity contribution in [3.05, 3.63) is 46.6 Å². The van der Waals surface area contributed by atoms with Crippen LogP contribution < -0.4 is 0 Å². The number of H-pyrrole nitrogens is 1. The van der Waals surface area contributed by atoms with E-state index < -0.39 is 0 Å². The molecule has 18 heavy (non-hydrogen) atoms. The highest BCUT2D eigenvalue weighted by Crippen LogP contribution is 2.31. The number of aromatic amines is 1. The van der Waals surface area contributed by atoms with E-state index in [1.54, 1.807) is 6.07 Å². The van der Waals surface area contributed by atoms with Crippen LogP contribution >= 0.6 is 15.9 Å². The molecule has 5 heteroatoms. The molecule has 0 radical (unpaired) electrons. The minimum Gasteiger partial charge on any atom is -0.345 e. The van der Waals surface area contributed by atoms with Gasteiger partial charge in [-0.05, 0) is 35.0 Å². The van der Waals surface area contributed by atoms with Gasteiger partial charge in [-0.2, -0.15) is 0 Å². The van der Waals surface area contributed by atoms with E-state index in [4.69, 9.17) is 0 Å². The minimum atomic E-state index is -0.274. The van der Waals surface area contributed by atoms with Gasteiger partial charge in [0.2, 0.25) is 0 Å². The van der Waals surface area contributed by atoms with Crippen molar-refractivity contribution in [2.24, 2.45) is 0 Å². The highest BCUT2D eigenvalue weighted by Gasteiger charge is 2.13. The van der Waals surface area contributed by atoms with Crippen LogP contribution in [0.15, 0.2) is 34.9 Å². The van der Waals surface area contributed by atoms with Crippen molar-refractivity contribution in [2.75, 3.05) is 0 Å². The molecule has 0 bridgehead atoms. The highest BCUT2D eigenvalue weighted by atomic mass is 79.9. The van der Waals surface area contributed by atoms with Crippen molar-refractivity contribution in [3.8, 4) is 11.3 Å². The molecule has 1 aromatic carbocycles. The molecule has 0 amide bonds. The SMILES string of the molecule is Cc1nc(-c2cccc(F)c2)c2c(Br)c[nH]c2n1. The zero-order chi connectivity index (χ0) is 12.7. The third-order valence-electron chi connectivity index (χ3n) is 2.69. The fraction of sp³-hybridized carbons (Fsp3) is 0.0769. The first kappa shape index (κ1) is 11.3. The largest absolute Gasteiger partial charge is 0.345 e. The summed E-state index contributed by atoms with van der Waals surface area (Å²) < 4.78 is 14.2. The zero-order valence-corrected chi connectivity index (χ0v) is 11.1. The predicted octanol–water partition coefficient (Wildman–Crippen LogP) is 3.83. The van der Waals surface area contributed by atoms with Crippen LogP contribution in [0.3, 0.4) is 0 Å². The van der Waals surface area contributed by atoms with Crippen molar-refractivity contribution in [3.63, 3.8) is 0 Å². The van der Waals surface area contributed by atoms with Crippen molar-refractivity contribution in [2.45, 2.75) is 6.92 Å². The molecule has 0 saturated heterocycles. The Morgan fingerprint density at radius 2 is 2.11 bits per heavy atom. The Balaban J connectivity index is 2.37. The fourth-order valence-electron chi connectivity index (χ4n) is 1.95. The lowest BCUT2D eigenvalue weighted by molar-refractivity contribution is 0.628. The summed E-state index contributed by atoms with van der Waals surface area (Å²) in [5.41, 5.74) is 2.21. The fourth-order valence-corrected chi connectivity index (χ4v) is 2.44. The molecule has 2 heterocycles. The molecule has 0 saturated carbocycles. The first-order valence-corrected chi connectivity index (χ1v) is 6.21. The third kappa shape index (κ3) is 1.80. The second-order valence-corrected chi connectivity index (χ2v) is 4.84. The molecule has 3 rings (SSSR count). The summed E-state index contributed by atoms with van der Waals surface area (Å²) in [6.07, 6.45) is 1.81. The van der Waals surface area contributed by atoms with Crippen LogP contribution in [-0.2, 0) is 0 Å². The number of nitrogens with zero attached hydrogens (tertiary/aromatic N) is 2. The van der Waals surface area contributed by atoms with Gasteiger partial charge in [-0.3, -0.25) is 0 Å². The predicted molar refractivity (Wildman–Crippen MR) is 71.7 cm³/mol. The van der Waals surface area contributed by atoms with E-state index in [0.717, 1.165) is 26.8 Å². The number of nitrogens with one attached hydrogen (secondary N) is 1. The first-order valence-electron chi connectivity index (χ1n) is 5.42. The first-order chi connectivity index (χ1) is 8.65. The van der Waals surface area contributed by atoms with E-state index in [-0.39, 0.29) is 5.82 Å². The monoisotopic (exact) mass is 305 g/mol. The average Bonchev–Trinajstić information content (AvgIpc) is 2.70. The van der Waals surface area contributed by atoms with Gasteiger partial charge in [-0.15, -0.1) is 0 Å². The van der Waals surface area contributed by atoms with E-state index >= 15 is 0 Å². The molecule has 3 nitrogen and oxygen atoms in total. The molecule has 0 aliphatic rings. The molecular weight excluding hydrogens is 297 g/mol. The van der Waals surface area contributed by atoms with Crippen LogP contribution in [0.2, 0.25) is 0 Å². The van der Waals surface area contributed by atoms with Gasteiger partial charge in [0.1, 0.15) is 17.3 Å². The molecule has 1 N–H and O–H groups in total. The molecule has 0 aliphatic carbocycles. The number of aromatic nitrogens is 3. The van der Waals surface area contributed by atoms with Crippen LogP contribution in [-0.4, -0.2) is 15.0 Å². The van der Waals surface area contributed by atoms with Gasteiger partial charge in [0.05, 0.1) is 11.1 Å². The standard InChI is InChI=1S/C13H9BrFN3/c1-7-17-12(8-3-2-4-9(15)5-8)11-10(14)6-16-13(11)18-7/h2-6H,1H3,(H,16,17,18). The van der Waals surface area contributed by atoms with Crippen molar-refractivity contribution >= 4 is 27.0 Å². The van der Waals surface area contributed by atoms with E-state index in [1.165, 1.54) is 12.1 Å². The van der Waals surface area contributed by atoms with Gasteiger partial charge in [0.15, 0.2) is 0 Å². The van der Waals surface area contributed by atoms with Gasteiger partial charge in [0.25, 0.3) is 0 Å². The third-order valence-corrected chi connectivity index (χ3v) is 3.32. The van der Waals surface area contributed by atoms with Gasteiger partial charge >= 0.3 is 0 Å². The number of rotatable bonds is 1. The van der Waals surface area contributed by atoms with Crippen LogP contribution in [0.1, 0.15) is 5.82 Å². The smallest absolute Gasteiger partial charge is 0.142 e. The lowest BCUT2D eigenvalue weighted by atomic mass is 10.1. The zero-order valence-electron chi connectivity index (χ0n) is 9.54. The Labute approximate surface area is 111 Å². The molecule has 0 fully saturated rings. The summed E-state index contributed by atoms with van der Waals surface area (Å²) in [6.45, 7) is 1.82. The summed E-state index contributed by atoms with van der Waals surface area (Å²) in [5.74, 6) is 0.375. The lowest BCUT2D eigenvalue weighted by Gasteiger charge is -2.04. The summed E-state index contributed by atoms with van der Waals surface area (Å²) >= 11 is 3.45. The second-order valence-electron chi connectivity index (χ2n) is 3.99. The Morgan fingerprint density at radius 1 is 1.28 bits per heavy atom. The number of benzene rings is 1. The number of hydrogen-bond donors (Lipinski definition) is 1. The van der Waals surface area contributed by atoms with Gasteiger partial charge in [-0.25, -0.2) is 14.4 Å². The topological polar surface area (TPSA) is 41.6 Å². The van der Waals surface area contributed by atoms with E-state index in [2.05, 4.69) is 30.9 Å². The number of fused-ring (bicyclic) bond motifs is 1. The van der Waals surface area contributed by atoms with E-state index in [1.807, 2.05) is 19.2 Å². The highest BCUT2D eigenvalue weighted by molar-refractivity contribution is 9.10. The molecule has 3 aromatic rings. The maximum Gasteiger partial charge on any atom is 0.142 e. The normalized spacial score (nSPS) is 11.1. The van der Waals surface area contributed by atoms with E-state index in [0.29, 0.717) is 5.82 Å². The summed E-state index contributed by atoms with van der Waals surface area (Å²) in [6, 6.07) is 6.40. The molecule has 0 spiro atoms.